The molecule has 4 nitrogen and oxygen atoms in total. The summed E-state index contributed by atoms with van der Waals surface area (Å²) in [6.45, 7) is 0.0496. The number of carboxylic acids is 1. The Hall–Kier alpha value is -1.78. The molecule has 1 aromatic carbocycles. The number of hydrogen-bond donors (Lipinski definition) is 2. The zero-order valence-electron chi connectivity index (χ0n) is 7.16. The van der Waals surface area contributed by atoms with Crippen molar-refractivity contribution in [3.05, 3.63) is 24.0 Å². The van der Waals surface area contributed by atoms with Crippen molar-refractivity contribution in [3.8, 4) is 5.75 Å². The molecule has 1 heterocycles. The summed E-state index contributed by atoms with van der Waals surface area (Å²) in [6.07, 6.45) is 0. The van der Waals surface area contributed by atoms with Crippen molar-refractivity contribution in [2.75, 3.05) is 11.9 Å². The Morgan fingerprint density at radius 1 is 1.64 bits per heavy atom. The number of hydrogen-bond acceptors (Lipinski definition) is 3. The third-order valence-electron chi connectivity index (χ3n) is 1.97. The van der Waals surface area contributed by atoms with Crippen LogP contribution in [0.25, 0.3) is 0 Å². The smallest absolute Gasteiger partial charge is 0.329 e. The highest BCUT2D eigenvalue weighted by atomic mass is 19.1. The molecule has 1 aromatic rings. The molecule has 0 amide bonds. The number of anilines is 1. The first-order valence-corrected chi connectivity index (χ1v) is 4.08. The molecular formula is C9H8FNO3. The number of nitrogens with one attached hydrogen (secondary N) is 1. The van der Waals surface area contributed by atoms with E-state index in [4.69, 9.17) is 9.84 Å². The van der Waals surface area contributed by atoms with Gasteiger partial charge in [-0.05, 0) is 12.1 Å². The van der Waals surface area contributed by atoms with Crippen LogP contribution in [0.15, 0.2) is 18.2 Å². The number of aliphatic carboxylic acids is 1. The van der Waals surface area contributed by atoms with Crippen LogP contribution in [0.2, 0.25) is 0 Å². The molecule has 14 heavy (non-hydrogen) atoms. The second kappa shape index (κ2) is 3.17. The highest BCUT2D eigenvalue weighted by Gasteiger charge is 2.24. The van der Waals surface area contributed by atoms with Gasteiger partial charge in [-0.1, -0.05) is 0 Å². The van der Waals surface area contributed by atoms with Crippen molar-refractivity contribution in [3.63, 3.8) is 0 Å². The Kier molecular flexibility index (Phi) is 1.99. The van der Waals surface area contributed by atoms with E-state index < -0.39 is 17.8 Å². The third-order valence-corrected chi connectivity index (χ3v) is 1.97. The van der Waals surface area contributed by atoms with Crippen LogP contribution in [0.1, 0.15) is 0 Å². The zero-order valence-corrected chi connectivity index (χ0v) is 7.16. The number of benzene rings is 1. The van der Waals surface area contributed by atoms with Crippen LogP contribution < -0.4 is 10.1 Å². The maximum Gasteiger partial charge on any atom is 0.329 e. The standard InChI is InChI=1S/C9H8FNO3/c10-5-1-2-8-6(3-5)11-7(4-14-8)9(12)13/h1-3,7,11H,4H2,(H,12,13). The van der Waals surface area contributed by atoms with Gasteiger partial charge in [0.2, 0.25) is 0 Å². The Bertz CT molecular complexity index is 380. The summed E-state index contributed by atoms with van der Waals surface area (Å²) in [7, 11) is 0. The Morgan fingerprint density at radius 2 is 2.43 bits per heavy atom. The van der Waals surface area contributed by atoms with Gasteiger partial charge >= 0.3 is 5.97 Å². The molecule has 0 spiro atoms. The lowest BCUT2D eigenvalue weighted by atomic mass is 10.2. The van der Waals surface area contributed by atoms with E-state index in [9.17, 15) is 9.18 Å². The molecule has 0 aliphatic carbocycles. The average molecular weight is 197 g/mol. The van der Waals surface area contributed by atoms with Crippen LogP contribution in [0.5, 0.6) is 5.75 Å². The van der Waals surface area contributed by atoms with Crippen molar-refractivity contribution >= 4 is 11.7 Å². The van der Waals surface area contributed by atoms with Crippen LogP contribution in [0.4, 0.5) is 10.1 Å². The second-order valence-corrected chi connectivity index (χ2v) is 2.99. The van der Waals surface area contributed by atoms with Crippen LogP contribution in [0.3, 0.4) is 0 Å². The van der Waals surface area contributed by atoms with E-state index in [1.165, 1.54) is 18.2 Å². The molecule has 1 unspecified atom stereocenters. The fourth-order valence-corrected chi connectivity index (χ4v) is 1.28. The van der Waals surface area contributed by atoms with Gasteiger partial charge in [0.25, 0.3) is 0 Å². The van der Waals surface area contributed by atoms with E-state index in [2.05, 4.69) is 5.32 Å². The molecule has 0 saturated heterocycles. The van der Waals surface area contributed by atoms with Crippen LogP contribution in [-0.2, 0) is 4.79 Å². The first-order chi connectivity index (χ1) is 6.66. The summed E-state index contributed by atoms with van der Waals surface area (Å²) in [4.78, 5) is 10.6. The van der Waals surface area contributed by atoms with E-state index in [0.29, 0.717) is 11.4 Å². The number of halogens is 1. The SMILES string of the molecule is O=C(O)C1COc2ccc(F)cc2N1. The molecule has 0 fully saturated rings. The molecule has 5 heteroatoms. The second-order valence-electron chi connectivity index (χ2n) is 2.99. The molecule has 1 atom stereocenters. The van der Waals surface area contributed by atoms with Gasteiger partial charge in [-0.15, -0.1) is 0 Å². The molecule has 0 saturated carbocycles. The number of ether oxygens (including phenoxy) is 1. The molecular weight excluding hydrogens is 189 g/mol. The fraction of sp³-hybridized carbons (Fsp3) is 0.222. The maximum absolute atomic E-state index is 12.8. The number of carboxylic acid groups (broad SMARTS) is 1. The molecule has 0 aromatic heterocycles. The highest BCUT2D eigenvalue weighted by molar-refractivity contribution is 5.79. The van der Waals surface area contributed by atoms with Gasteiger partial charge < -0.3 is 15.2 Å². The maximum atomic E-state index is 12.8. The van der Waals surface area contributed by atoms with E-state index in [1.54, 1.807) is 0 Å². The largest absolute Gasteiger partial charge is 0.489 e. The predicted octanol–water partition coefficient (Wildman–Crippen LogP) is 1.08. The molecule has 0 bridgehead atoms. The van der Waals surface area contributed by atoms with Crippen molar-refractivity contribution in [1.82, 2.24) is 0 Å². The number of rotatable bonds is 1. The molecule has 74 valence electrons. The normalized spacial score (nSPS) is 19.1. The van der Waals surface area contributed by atoms with E-state index >= 15 is 0 Å². The van der Waals surface area contributed by atoms with Gasteiger partial charge in [0.15, 0.2) is 6.04 Å². The number of fused-ring (bicyclic) bond motifs is 1. The molecule has 2 N–H and O–H groups in total. The first-order valence-electron chi connectivity index (χ1n) is 4.08. The van der Waals surface area contributed by atoms with Gasteiger partial charge in [-0.2, -0.15) is 0 Å². The predicted molar refractivity (Wildman–Crippen MR) is 46.9 cm³/mol. The Morgan fingerprint density at radius 3 is 3.14 bits per heavy atom. The first kappa shape index (κ1) is 8.80. The summed E-state index contributed by atoms with van der Waals surface area (Å²) in [5, 5.41) is 11.4. The van der Waals surface area contributed by atoms with Crippen molar-refractivity contribution < 1.29 is 19.0 Å². The van der Waals surface area contributed by atoms with Crippen LogP contribution >= 0.6 is 0 Å². The molecule has 1 aliphatic heterocycles. The van der Waals surface area contributed by atoms with E-state index in [0.717, 1.165) is 0 Å². The molecule has 0 radical (unpaired) electrons. The summed E-state index contributed by atoms with van der Waals surface area (Å²) >= 11 is 0. The summed E-state index contributed by atoms with van der Waals surface area (Å²) in [6, 6.07) is 3.13. The monoisotopic (exact) mass is 197 g/mol. The lowest BCUT2D eigenvalue weighted by Gasteiger charge is -2.24. The van der Waals surface area contributed by atoms with E-state index in [1.807, 2.05) is 0 Å². The van der Waals surface area contributed by atoms with Gasteiger partial charge in [0, 0.05) is 6.07 Å². The minimum Gasteiger partial charge on any atom is -0.489 e. The van der Waals surface area contributed by atoms with Crippen molar-refractivity contribution in [2.24, 2.45) is 0 Å². The minimum atomic E-state index is -1.01. The summed E-state index contributed by atoms with van der Waals surface area (Å²) < 4.78 is 17.9. The van der Waals surface area contributed by atoms with Crippen LogP contribution in [-0.4, -0.2) is 23.7 Å². The van der Waals surface area contributed by atoms with E-state index in [-0.39, 0.29) is 6.61 Å². The third kappa shape index (κ3) is 1.48. The Balaban J connectivity index is 2.29. The number of carbonyl (C=O) groups is 1. The summed E-state index contributed by atoms with van der Waals surface area (Å²) in [5.74, 6) is -0.963. The van der Waals surface area contributed by atoms with Gasteiger partial charge in [0.05, 0.1) is 5.69 Å². The van der Waals surface area contributed by atoms with Crippen LogP contribution in [0, 0.1) is 5.82 Å². The fourth-order valence-electron chi connectivity index (χ4n) is 1.28. The van der Waals surface area contributed by atoms with Gasteiger partial charge in [-0.3, -0.25) is 0 Å². The molecule has 2 rings (SSSR count). The quantitative estimate of drug-likeness (QED) is 0.707. The van der Waals surface area contributed by atoms with Gasteiger partial charge in [0.1, 0.15) is 18.2 Å². The summed E-state index contributed by atoms with van der Waals surface area (Å²) in [5.41, 5.74) is 0.378. The average Bonchev–Trinajstić information content (AvgIpc) is 2.16. The minimum absolute atomic E-state index is 0.0496. The van der Waals surface area contributed by atoms with Gasteiger partial charge in [-0.25, -0.2) is 9.18 Å². The lowest BCUT2D eigenvalue weighted by molar-refractivity contribution is -0.138. The Labute approximate surface area is 79.3 Å². The molecule has 1 aliphatic rings. The lowest BCUT2D eigenvalue weighted by Crippen LogP contribution is -2.38. The van der Waals surface area contributed by atoms with Crippen molar-refractivity contribution in [1.29, 1.82) is 0 Å². The topological polar surface area (TPSA) is 58.6 Å². The zero-order chi connectivity index (χ0) is 10.1. The highest BCUT2D eigenvalue weighted by Crippen LogP contribution is 2.29. The van der Waals surface area contributed by atoms with Crippen molar-refractivity contribution in [2.45, 2.75) is 6.04 Å².